The van der Waals surface area contributed by atoms with Gasteiger partial charge in [0.2, 0.25) is 5.78 Å². The molecule has 0 N–H and O–H groups in total. The summed E-state index contributed by atoms with van der Waals surface area (Å²) >= 11 is 0. The molecule has 0 aromatic heterocycles. The van der Waals surface area contributed by atoms with Crippen LogP contribution >= 0.6 is 0 Å². The number of nitriles is 1. The second-order valence-corrected chi connectivity index (χ2v) is 6.50. The fourth-order valence-electron chi connectivity index (χ4n) is 2.64. The molecule has 0 saturated heterocycles. The van der Waals surface area contributed by atoms with Gasteiger partial charge in [0.1, 0.15) is 11.6 Å². The fraction of sp³-hybridized carbons (Fsp3) is 0.261. The highest BCUT2D eigenvalue weighted by atomic mass is 16.5. The van der Waals surface area contributed by atoms with E-state index in [0.29, 0.717) is 29.2 Å². The lowest BCUT2D eigenvalue weighted by molar-refractivity contribution is -0.135. The maximum Gasteiger partial charge on any atom is 0.262 e. The molecular weight excluding hydrogens is 368 g/mol. The molecule has 29 heavy (non-hydrogen) atoms. The molecule has 0 bridgehead atoms. The molecule has 0 aliphatic rings. The minimum absolute atomic E-state index is 0.0171. The number of rotatable bonds is 8. The van der Waals surface area contributed by atoms with Crippen LogP contribution in [0.2, 0.25) is 0 Å². The average Bonchev–Trinajstić information content (AvgIpc) is 2.73. The molecule has 0 fully saturated rings. The number of likely N-dealkylation sites (N-methyl/N-ethyl adjacent to an activating group) is 1. The fourth-order valence-corrected chi connectivity index (χ4v) is 2.64. The lowest BCUT2D eigenvalue weighted by Crippen LogP contribution is -2.35. The van der Waals surface area contributed by atoms with Crippen molar-refractivity contribution in [2.24, 2.45) is 0 Å². The van der Waals surface area contributed by atoms with Crippen molar-refractivity contribution >= 4 is 17.8 Å². The molecule has 6 heteroatoms. The predicted octanol–water partition coefficient (Wildman–Crippen LogP) is 3.73. The molecular formula is C23H24N2O4. The number of ketones is 1. The molecule has 1 amide bonds. The number of carbonyl (C=O) groups is 2. The molecule has 6 nitrogen and oxygen atoms in total. The Kier molecular flexibility index (Phi) is 7.55. The first-order chi connectivity index (χ1) is 13.9. The van der Waals surface area contributed by atoms with Crippen molar-refractivity contribution in [3.05, 3.63) is 65.2 Å². The lowest BCUT2D eigenvalue weighted by Gasteiger charge is -2.20. The third-order valence-corrected chi connectivity index (χ3v) is 4.07. The number of Topliss-reactive ketones (excluding diaryl/α,β-unsaturated/α-hetero) is 1. The van der Waals surface area contributed by atoms with Gasteiger partial charge >= 0.3 is 0 Å². The topological polar surface area (TPSA) is 79.6 Å². The Morgan fingerprint density at radius 2 is 1.83 bits per heavy atom. The highest BCUT2D eigenvalue weighted by Gasteiger charge is 2.19. The Balaban J connectivity index is 2.33. The molecule has 2 aromatic rings. The van der Waals surface area contributed by atoms with E-state index >= 15 is 0 Å². The zero-order valence-electron chi connectivity index (χ0n) is 17.0. The number of hydrogen-bond acceptors (Lipinski definition) is 5. The smallest absolute Gasteiger partial charge is 0.262 e. The number of nitrogens with zero attached hydrogens (tertiary/aromatic N) is 2. The zero-order valence-corrected chi connectivity index (χ0v) is 17.0. The van der Waals surface area contributed by atoms with Gasteiger partial charge in [-0.15, -0.1) is 0 Å². The van der Waals surface area contributed by atoms with Crippen LogP contribution in [0.1, 0.15) is 29.8 Å². The largest absolute Gasteiger partial charge is 0.490 e. The van der Waals surface area contributed by atoms with Gasteiger partial charge in [0.15, 0.2) is 17.6 Å². The minimum atomic E-state index is -0.681. The lowest BCUT2D eigenvalue weighted by atomic mass is 10.0. The summed E-state index contributed by atoms with van der Waals surface area (Å²) in [6.45, 7) is 3.89. The molecule has 0 spiro atoms. The standard InChI is InChI=1S/C23H24N2O4/c1-5-28-21-14-17(11-12-20(21)29-16(2)23(27)25(3)4)13-19(15-24)22(26)18-9-7-6-8-10-18/h6-14,16H,5H2,1-4H3/b19-13+/t16-/m0/s1. The van der Waals surface area contributed by atoms with Crippen LogP contribution in [0.4, 0.5) is 0 Å². The maximum absolute atomic E-state index is 12.6. The monoisotopic (exact) mass is 392 g/mol. The van der Waals surface area contributed by atoms with E-state index in [1.54, 1.807) is 63.5 Å². The molecule has 0 radical (unpaired) electrons. The number of carbonyl (C=O) groups excluding carboxylic acids is 2. The highest BCUT2D eigenvalue weighted by molar-refractivity contribution is 6.14. The summed E-state index contributed by atoms with van der Waals surface area (Å²) in [5.41, 5.74) is 1.08. The van der Waals surface area contributed by atoms with Gasteiger partial charge in [-0.05, 0) is 37.6 Å². The zero-order chi connectivity index (χ0) is 21.4. The van der Waals surface area contributed by atoms with Crippen molar-refractivity contribution in [1.29, 1.82) is 5.26 Å². The molecule has 2 rings (SSSR count). The van der Waals surface area contributed by atoms with E-state index in [-0.39, 0.29) is 17.3 Å². The van der Waals surface area contributed by atoms with Gasteiger partial charge < -0.3 is 14.4 Å². The number of allylic oxidation sites excluding steroid dienone is 1. The van der Waals surface area contributed by atoms with Crippen molar-refractivity contribution in [1.82, 2.24) is 4.90 Å². The maximum atomic E-state index is 12.6. The number of amides is 1. The number of hydrogen-bond donors (Lipinski definition) is 0. The Morgan fingerprint density at radius 1 is 1.14 bits per heavy atom. The van der Waals surface area contributed by atoms with Gasteiger partial charge in [-0.3, -0.25) is 9.59 Å². The van der Waals surface area contributed by atoms with E-state index in [0.717, 1.165) is 0 Å². The van der Waals surface area contributed by atoms with Crippen molar-refractivity contribution in [2.75, 3.05) is 20.7 Å². The highest BCUT2D eigenvalue weighted by Crippen LogP contribution is 2.30. The minimum Gasteiger partial charge on any atom is -0.490 e. The first-order valence-electron chi connectivity index (χ1n) is 9.23. The van der Waals surface area contributed by atoms with Crippen LogP contribution < -0.4 is 9.47 Å². The van der Waals surface area contributed by atoms with Crippen LogP contribution in [0.15, 0.2) is 54.1 Å². The summed E-state index contributed by atoms with van der Waals surface area (Å²) in [7, 11) is 3.32. The first-order valence-corrected chi connectivity index (χ1v) is 9.23. The Hall–Kier alpha value is -3.59. The summed E-state index contributed by atoms with van der Waals surface area (Å²) < 4.78 is 11.4. The Labute approximate surface area is 171 Å². The van der Waals surface area contributed by atoms with Crippen molar-refractivity contribution in [3.8, 4) is 17.6 Å². The number of benzene rings is 2. The molecule has 1 atom stereocenters. The van der Waals surface area contributed by atoms with Gasteiger partial charge in [0.25, 0.3) is 5.91 Å². The summed E-state index contributed by atoms with van der Waals surface area (Å²) in [6, 6.07) is 15.7. The second kappa shape index (κ2) is 10.1. The molecule has 0 heterocycles. The number of ether oxygens (including phenoxy) is 2. The quantitative estimate of drug-likeness (QED) is 0.388. The van der Waals surface area contributed by atoms with Gasteiger partial charge in [-0.25, -0.2) is 0 Å². The van der Waals surface area contributed by atoms with E-state index < -0.39 is 6.10 Å². The van der Waals surface area contributed by atoms with Crippen LogP contribution in [0.3, 0.4) is 0 Å². The van der Waals surface area contributed by atoms with Crippen LogP contribution in [-0.4, -0.2) is 43.4 Å². The Morgan fingerprint density at radius 3 is 2.41 bits per heavy atom. The molecule has 2 aromatic carbocycles. The van der Waals surface area contributed by atoms with E-state index in [9.17, 15) is 14.9 Å². The summed E-state index contributed by atoms with van der Waals surface area (Å²) in [4.78, 5) is 26.1. The first kappa shape index (κ1) is 21.7. The van der Waals surface area contributed by atoms with Crippen LogP contribution in [0.25, 0.3) is 6.08 Å². The molecule has 0 aliphatic carbocycles. The SMILES string of the molecule is CCOc1cc(/C=C(\C#N)C(=O)c2ccccc2)ccc1O[C@@H](C)C(=O)N(C)C. The summed E-state index contributed by atoms with van der Waals surface area (Å²) in [6.07, 6.45) is 0.829. The second-order valence-electron chi connectivity index (χ2n) is 6.50. The third-order valence-electron chi connectivity index (χ3n) is 4.07. The predicted molar refractivity (Wildman–Crippen MR) is 111 cm³/mol. The summed E-state index contributed by atoms with van der Waals surface area (Å²) in [5, 5.41) is 9.44. The molecule has 0 unspecified atom stereocenters. The van der Waals surface area contributed by atoms with Crippen LogP contribution in [-0.2, 0) is 4.79 Å². The average molecular weight is 392 g/mol. The Bertz CT molecular complexity index is 943. The van der Waals surface area contributed by atoms with Crippen LogP contribution in [0.5, 0.6) is 11.5 Å². The van der Waals surface area contributed by atoms with Crippen molar-refractivity contribution in [2.45, 2.75) is 20.0 Å². The van der Waals surface area contributed by atoms with Gasteiger partial charge in [-0.1, -0.05) is 36.4 Å². The van der Waals surface area contributed by atoms with E-state index in [2.05, 4.69) is 0 Å². The van der Waals surface area contributed by atoms with Gasteiger partial charge in [0, 0.05) is 19.7 Å². The van der Waals surface area contributed by atoms with Gasteiger partial charge in [-0.2, -0.15) is 5.26 Å². The molecule has 0 saturated carbocycles. The van der Waals surface area contributed by atoms with Gasteiger partial charge in [0.05, 0.1) is 6.61 Å². The third kappa shape index (κ3) is 5.69. The molecule has 0 aliphatic heterocycles. The van der Waals surface area contributed by atoms with E-state index in [4.69, 9.17) is 9.47 Å². The van der Waals surface area contributed by atoms with E-state index in [1.807, 2.05) is 19.1 Å². The van der Waals surface area contributed by atoms with Crippen molar-refractivity contribution in [3.63, 3.8) is 0 Å². The normalized spacial score (nSPS) is 11.9. The van der Waals surface area contributed by atoms with Crippen LogP contribution in [0, 0.1) is 11.3 Å². The molecule has 150 valence electrons. The van der Waals surface area contributed by atoms with Crippen molar-refractivity contribution < 1.29 is 19.1 Å². The summed E-state index contributed by atoms with van der Waals surface area (Å²) in [5.74, 6) is 0.330. The van der Waals surface area contributed by atoms with E-state index in [1.165, 1.54) is 11.0 Å².